The first-order valence-corrected chi connectivity index (χ1v) is 13.1. The molecule has 3 aliphatic rings. The molecule has 3 aromatic carbocycles. The van der Waals surface area contributed by atoms with E-state index in [1.807, 2.05) is 73.8 Å². The molecule has 3 aromatic rings. The van der Waals surface area contributed by atoms with Crippen LogP contribution < -0.4 is 19.1 Å². The fourth-order valence-electron chi connectivity index (χ4n) is 4.19. The van der Waals surface area contributed by atoms with E-state index in [-0.39, 0.29) is 5.91 Å². The van der Waals surface area contributed by atoms with Crippen LogP contribution in [0.1, 0.15) is 5.56 Å². The number of amidine groups is 1. The number of carbonyl (C=O) groups is 1. The van der Waals surface area contributed by atoms with Crippen molar-refractivity contribution in [3.63, 3.8) is 0 Å². The molecule has 6 rings (SSSR count). The van der Waals surface area contributed by atoms with Crippen molar-refractivity contribution in [2.75, 3.05) is 32.3 Å². The summed E-state index contributed by atoms with van der Waals surface area (Å²) < 4.78 is 16.8. The summed E-state index contributed by atoms with van der Waals surface area (Å²) in [6.07, 6.45) is 0. The fourth-order valence-corrected chi connectivity index (χ4v) is 6.51. The lowest BCUT2D eigenvalue weighted by molar-refractivity contribution is -0.122. The minimum atomic E-state index is -0.0609. The molecule has 0 aromatic heterocycles. The molecule has 0 saturated carbocycles. The van der Waals surface area contributed by atoms with Gasteiger partial charge < -0.3 is 19.1 Å². The Morgan fingerprint density at radius 1 is 0.972 bits per heavy atom. The smallest absolute Gasteiger partial charge is 0.269 e. The number of hydrogen-bond acceptors (Lipinski definition) is 8. The molecule has 1 saturated heterocycles. The molecule has 0 N–H and O–H groups in total. The Morgan fingerprint density at radius 2 is 1.78 bits per heavy atom. The summed E-state index contributed by atoms with van der Waals surface area (Å²) in [5.41, 5.74) is 2.76. The first-order chi connectivity index (χ1) is 17.6. The summed E-state index contributed by atoms with van der Waals surface area (Å²) in [7, 11) is 3.63. The Hall–Kier alpha value is -3.56. The van der Waals surface area contributed by atoms with Crippen LogP contribution in [0.25, 0.3) is 0 Å². The summed E-state index contributed by atoms with van der Waals surface area (Å²) in [6, 6.07) is 21.5. The number of nitrogens with zero attached hydrogens (tertiary/aromatic N) is 3. The van der Waals surface area contributed by atoms with Crippen LogP contribution in [0.2, 0.25) is 0 Å². The SMILES string of the molecule is COc1ccc2c(c1)N(C)/C(=C1\SC(=Nc3ccc4c(c3)OCCO4)N(Cc3ccccc3)C1=O)S2. The lowest BCUT2D eigenvalue weighted by atomic mass is 10.2. The van der Waals surface area contributed by atoms with Crippen LogP contribution >= 0.6 is 23.5 Å². The molecule has 7 nitrogen and oxygen atoms in total. The number of ether oxygens (including phenoxy) is 3. The van der Waals surface area contributed by atoms with Gasteiger partial charge in [-0.2, -0.15) is 0 Å². The third-order valence-corrected chi connectivity index (χ3v) is 8.46. The van der Waals surface area contributed by atoms with E-state index in [2.05, 4.69) is 4.90 Å². The maximum atomic E-state index is 13.8. The highest BCUT2D eigenvalue weighted by molar-refractivity contribution is 8.19. The number of benzene rings is 3. The standard InChI is InChI=1S/C27H23N3O4S2/c1-29-20-15-19(32-2)9-11-23(20)35-26(29)24-25(31)30(16-17-6-4-3-5-7-17)27(36-24)28-18-8-10-21-22(14-18)34-13-12-33-21/h3-11,14-15H,12-13,16H2,1-2H3/b26-24+,28-27?. The molecule has 0 radical (unpaired) electrons. The van der Waals surface area contributed by atoms with E-state index in [0.717, 1.165) is 26.9 Å². The zero-order valence-corrected chi connectivity index (χ0v) is 21.4. The predicted octanol–water partition coefficient (Wildman–Crippen LogP) is 5.64. The minimum Gasteiger partial charge on any atom is -0.497 e. The molecule has 0 atom stereocenters. The topological polar surface area (TPSA) is 63.6 Å². The molecule has 182 valence electrons. The highest BCUT2D eigenvalue weighted by Crippen LogP contribution is 2.51. The van der Waals surface area contributed by atoms with Crippen LogP contribution in [0.4, 0.5) is 11.4 Å². The molecule has 36 heavy (non-hydrogen) atoms. The summed E-state index contributed by atoms with van der Waals surface area (Å²) in [4.78, 5) is 24.2. The molecule has 0 bridgehead atoms. The van der Waals surface area contributed by atoms with Gasteiger partial charge in [-0.25, -0.2) is 4.99 Å². The normalized spacial score (nSPS) is 19.7. The van der Waals surface area contributed by atoms with Gasteiger partial charge in [-0.3, -0.25) is 9.69 Å². The second-order valence-electron chi connectivity index (χ2n) is 8.33. The van der Waals surface area contributed by atoms with Crippen molar-refractivity contribution in [1.29, 1.82) is 0 Å². The number of methoxy groups -OCH3 is 1. The molecule has 9 heteroatoms. The van der Waals surface area contributed by atoms with Crippen LogP contribution in [0.15, 0.2) is 86.6 Å². The van der Waals surface area contributed by atoms with Gasteiger partial charge in [0.2, 0.25) is 0 Å². The first-order valence-electron chi connectivity index (χ1n) is 11.5. The van der Waals surface area contributed by atoms with Gasteiger partial charge in [-0.05, 0) is 41.6 Å². The Balaban J connectivity index is 1.39. The molecular weight excluding hydrogens is 494 g/mol. The van der Waals surface area contributed by atoms with Gasteiger partial charge in [0.05, 0.1) is 30.1 Å². The Bertz CT molecular complexity index is 1410. The van der Waals surface area contributed by atoms with Crippen LogP contribution in [-0.2, 0) is 11.3 Å². The van der Waals surface area contributed by atoms with Crippen LogP contribution in [0.3, 0.4) is 0 Å². The lowest BCUT2D eigenvalue weighted by Crippen LogP contribution is -2.29. The second kappa shape index (κ2) is 9.48. The molecule has 0 aliphatic carbocycles. The van der Waals surface area contributed by atoms with E-state index in [0.29, 0.717) is 47.0 Å². The molecule has 1 fully saturated rings. The van der Waals surface area contributed by atoms with E-state index in [1.165, 1.54) is 11.8 Å². The van der Waals surface area contributed by atoms with Gasteiger partial charge in [0.25, 0.3) is 5.91 Å². The molecule has 0 spiro atoms. The van der Waals surface area contributed by atoms with Crippen molar-refractivity contribution in [1.82, 2.24) is 4.90 Å². The van der Waals surface area contributed by atoms with Gasteiger partial charge in [-0.1, -0.05) is 42.1 Å². The number of aliphatic imine (C=N–C) groups is 1. The zero-order valence-electron chi connectivity index (χ0n) is 19.8. The number of anilines is 1. The lowest BCUT2D eigenvalue weighted by Gasteiger charge is -2.19. The quantitative estimate of drug-likeness (QED) is 0.415. The van der Waals surface area contributed by atoms with E-state index in [1.54, 1.807) is 23.8 Å². The van der Waals surface area contributed by atoms with Crippen LogP contribution in [0, 0.1) is 0 Å². The third kappa shape index (κ3) is 4.18. The maximum absolute atomic E-state index is 13.8. The number of thioether (sulfide) groups is 2. The van der Waals surface area contributed by atoms with Gasteiger partial charge in [0.1, 0.15) is 23.9 Å². The largest absolute Gasteiger partial charge is 0.497 e. The van der Waals surface area contributed by atoms with E-state index < -0.39 is 0 Å². The Morgan fingerprint density at radius 3 is 2.58 bits per heavy atom. The molecule has 3 heterocycles. The van der Waals surface area contributed by atoms with Crippen molar-refractivity contribution in [2.45, 2.75) is 11.4 Å². The van der Waals surface area contributed by atoms with Crippen molar-refractivity contribution < 1.29 is 19.0 Å². The fraction of sp³-hybridized carbons (Fsp3) is 0.185. The highest BCUT2D eigenvalue weighted by atomic mass is 32.2. The summed E-state index contributed by atoms with van der Waals surface area (Å²) in [6.45, 7) is 1.47. The van der Waals surface area contributed by atoms with Gasteiger partial charge in [0.15, 0.2) is 16.7 Å². The number of rotatable bonds is 4. The second-order valence-corrected chi connectivity index (χ2v) is 10.3. The molecule has 0 unspecified atom stereocenters. The predicted molar refractivity (Wildman–Crippen MR) is 143 cm³/mol. The van der Waals surface area contributed by atoms with E-state index in [9.17, 15) is 4.79 Å². The number of fused-ring (bicyclic) bond motifs is 2. The van der Waals surface area contributed by atoms with Crippen LogP contribution in [0.5, 0.6) is 17.2 Å². The average Bonchev–Trinajstić information content (AvgIpc) is 3.40. The Labute approximate surface area is 217 Å². The molecule has 3 aliphatic heterocycles. The van der Waals surface area contributed by atoms with Gasteiger partial charge in [-0.15, -0.1) is 0 Å². The van der Waals surface area contributed by atoms with E-state index >= 15 is 0 Å². The third-order valence-electron chi connectivity index (χ3n) is 6.03. The monoisotopic (exact) mass is 517 g/mol. The number of amides is 1. The zero-order chi connectivity index (χ0) is 24.6. The summed E-state index contributed by atoms with van der Waals surface area (Å²) >= 11 is 2.99. The highest BCUT2D eigenvalue weighted by Gasteiger charge is 2.39. The Kier molecular flexibility index (Phi) is 6.02. The first kappa shape index (κ1) is 22.9. The minimum absolute atomic E-state index is 0.0609. The summed E-state index contributed by atoms with van der Waals surface area (Å²) in [5, 5.41) is 1.52. The van der Waals surface area contributed by atoms with Crippen molar-refractivity contribution in [3.8, 4) is 17.2 Å². The maximum Gasteiger partial charge on any atom is 0.269 e. The van der Waals surface area contributed by atoms with E-state index in [4.69, 9.17) is 19.2 Å². The van der Waals surface area contributed by atoms with Gasteiger partial charge in [0, 0.05) is 24.1 Å². The molecule has 1 amide bonds. The number of carbonyl (C=O) groups excluding carboxylic acids is 1. The molecular formula is C27H23N3O4S2. The number of hydrogen-bond donors (Lipinski definition) is 0. The van der Waals surface area contributed by atoms with Crippen molar-refractivity contribution >= 4 is 46.0 Å². The van der Waals surface area contributed by atoms with Crippen molar-refractivity contribution in [2.24, 2.45) is 4.99 Å². The van der Waals surface area contributed by atoms with Crippen LogP contribution in [-0.4, -0.2) is 43.3 Å². The summed E-state index contributed by atoms with van der Waals surface area (Å²) in [5.74, 6) is 2.10. The van der Waals surface area contributed by atoms with Crippen molar-refractivity contribution in [3.05, 3.63) is 82.2 Å². The average molecular weight is 518 g/mol. The van der Waals surface area contributed by atoms with Gasteiger partial charge >= 0.3 is 0 Å².